The van der Waals surface area contributed by atoms with Gasteiger partial charge in [0.05, 0.1) is 11.6 Å². The lowest BCUT2D eigenvalue weighted by Crippen LogP contribution is -2.51. The number of hydrazine groups is 1. The third kappa shape index (κ3) is 4.65. The van der Waals surface area contributed by atoms with Crippen molar-refractivity contribution in [2.45, 2.75) is 39.3 Å². The fourth-order valence-corrected chi connectivity index (χ4v) is 3.28. The van der Waals surface area contributed by atoms with Crippen molar-refractivity contribution in [2.75, 3.05) is 19.6 Å². The molecule has 156 valence electrons. The van der Waals surface area contributed by atoms with Gasteiger partial charge in [-0.15, -0.1) is 0 Å². The van der Waals surface area contributed by atoms with Crippen LogP contribution in [0.2, 0.25) is 0 Å². The van der Waals surface area contributed by atoms with Gasteiger partial charge >= 0.3 is 6.09 Å². The molecule has 0 aromatic carbocycles. The van der Waals surface area contributed by atoms with Crippen LogP contribution in [0, 0.1) is 0 Å². The molecule has 4 N–H and O–H groups in total. The molecule has 0 radical (unpaired) electrons. The van der Waals surface area contributed by atoms with Crippen molar-refractivity contribution in [1.82, 2.24) is 31.0 Å². The Morgan fingerprint density at radius 3 is 2.72 bits per heavy atom. The Labute approximate surface area is 168 Å². The van der Waals surface area contributed by atoms with Gasteiger partial charge in [0.15, 0.2) is 0 Å². The van der Waals surface area contributed by atoms with Crippen LogP contribution in [-0.2, 0) is 9.53 Å². The van der Waals surface area contributed by atoms with E-state index in [4.69, 9.17) is 4.74 Å². The van der Waals surface area contributed by atoms with E-state index in [-0.39, 0.29) is 5.56 Å². The van der Waals surface area contributed by atoms with Gasteiger partial charge in [0.25, 0.3) is 5.91 Å². The van der Waals surface area contributed by atoms with E-state index in [2.05, 4.69) is 26.1 Å². The third-order valence-corrected chi connectivity index (χ3v) is 4.43. The molecule has 2 aromatic heterocycles. The summed E-state index contributed by atoms with van der Waals surface area (Å²) in [5.74, 6) is -0.911. The topological polar surface area (TPSA) is 128 Å². The van der Waals surface area contributed by atoms with Crippen molar-refractivity contribution in [3.05, 3.63) is 29.6 Å². The molecule has 3 rings (SSSR count). The molecule has 0 saturated carbocycles. The number of nitrogens with one attached hydrogen (secondary N) is 4. The van der Waals surface area contributed by atoms with Crippen LogP contribution in [0.1, 0.15) is 49.7 Å². The van der Waals surface area contributed by atoms with Gasteiger partial charge in [0.2, 0.25) is 5.91 Å². The average Bonchev–Trinajstić information content (AvgIpc) is 3.12. The largest absolute Gasteiger partial charge is 0.444 e. The predicted molar refractivity (Wildman–Crippen MR) is 106 cm³/mol. The lowest BCUT2D eigenvalue weighted by atomic mass is 9.96. The van der Waals surface area contributed by atoms with E-state index in [1.54, 1.807) is 11.1 Å². The summed E-state index contributed by atoms with van der Waals surface area (Å²) < 4.78 is 5.58. The number of piperazine rings is 1. The zero-order valence-electron chi connectivity index (χ0n) is 17.0. The summed E-state index contributed by atoms with van der Waals surface area (Å²) in [6.45, 7) is 8.22. The molecule has 0 spiro atoms. The zero-order chi connectivity index (χ0) is 21.2. The fraction of sp³-hybridized carbons (Fsp3) is 0.474. The second-order valence-electron chi connectivity index (χ2n) is 7.85. The van der Waals surface area contributed by atoms with Crippen molar-refractivity contribution in [2.24, 2.45) is 0 Å². The number of fused-ring (bicyclic) bond motifs is 1. The Balaban J connectivity index is 2.04. The molecule has 3 heterocycles. The fourth-order valence-electron chi connectivity index (χ4n) is 3.28. The number of amides is 3. The van der Waals surface area contributed by atoms with E-state index in [1.165, 1.54) is 13.1 Å². The Bertz CT molecular complexity index is 932. The first-order chi connectivity index (χ1) is 13.7. The summed E-state index contributed by atoms with van der Waals surface area (Å²) in [5.41, 5.74) is 5.53. The first-order valence-electron chi connectivity index (χ1n) is 9.40. The van der Waals surface area contributed by atoms with E-state index >= 15 is 0 Å². The highest BCUT2D eigenvalue weighted by molar-refractivity contribution is 6.00. The number of H-pyrrole nitrogens is 1. The highest BCUT2D eigenvalue weighted by Crippen LogP contribution is 2.32. The first-order valence-corrected chi connectivity index (χ1v) is 9.40. The molecule has 1 saturated heterocycles. The van der Waals surface area contributed by atoms with Crippen LogP contribution in [0.25, 0.3) is 11.0 Å². The van der Waals surface area contributed by atoms with Crippen molar-refractivity contribution in [3.8, 4) is 0 Å². The summed E-state index contributed by atoms with van der Waals surface area (Å²) in [6, 6.07) is 1.37. The number of hydrogen-bond acceptors (Lipinski definition) is 6. The van der Waals surface area contributed by atoms with Gasteiger partial charge in [0, 0.05) is 49.9 Å². The molecule has 29 heavy (non-hydrogen) atoms. The van der Waals surface area contributed by atoms with E-state index in [1.807, 2.05) is 26.8 Å². The van der Waals surface area contributed by atoms with Crippen molar-refractivity contribution in [3.63, 3.8) is 0 Å². The molecule has 1 unspecified atom stereocenters. The maximum absolute atomic E-state index is 12.9. The summed E-state index contributed by atoms with van der Waals surface area (Å²) in [7, 11) is 0. The lowest BCUT2D eigenvalue weighted by molar-refractivity contribution is -0.119. The van der Waals surface area contributed by atoms with E-state index in [9.17, 15) is 14.4 Å². The molecule has 0 aliphatic carbocycles. The van der Waals surface area contributed by atoms with Gasteiger partial charge < -0.3 is 15.0 Å². The van der Waals surface area contributed by atoms with Crippen LogP contribution in [0.4, 0.5) is 4.79 Å². The minimum absolute atomic E-state index is 0.271. The van der Waals surface area contributed by atoms with Crippen LogP contribution < -0.4 is 16.2 Å². The summed E-state index contributed by atoms with van der Waals surface area (Å²) in [4.78, 5) is 45.7. The highest BCUT2D eigenvalue weighted by atomic mass is 16.6. The Morgan fingerprint density at radius 2 is 2.03 bits per heavy atom. The first kappa shape index (κ1) is 20.6. The maximum Gasteiger partial charge on any atom is 0.410 e. The van der Waals surface area contributed by atoms with Crippen LogP contribution >= 0.6 is 0 Å². The predicted octanol–water partition coefficient (Wildman–Crippen LogP) is 1.23. The number of carbonyl (C=O) groups is 3. The Hall–Kier alpha value is -3.14. The van der Waals surface area contributed by atoms with Crippen LogP contribution in [0.15, 0.2) is 18.5 Å². The number of ether oxygens (including phenoxy) is 1. The second kappa shape index (κ2) is 8.08. The number of hydrogen-bond donors (Lipinski definition) is 4. The van der Waals surface area contributed by atoms with Gasteiger partial charge in [-0.25, -0.2) is 9.78 Å². The molecule has 1 aliphatic rings. The number of rotatable bonds is 2. The van der Waals surface area contributed by atoms with Crippen molar-refractivity contribution >= 4 is 28.9 Å². The second-order valence-corrected chi connectivity index (χ2v) is 7.85. The standard InChI is InChI=1S/C19H26N6O4/c1-11(26)23-24-17(27)13-9-22-16-12(5-6-21-16)15(13)14-10-20-7-8-25(14)18(28)29-19(2,3)4/h5-6,9,14,20H,7-8,10H2,1-4H3,(H,21,22)(H,23,26)(H,24,27). The molecular formula is C19H26N6O4. The number of aromatic nitrogens is 2. The van der Waals surface area contributed by atoms with Gasteiger partial charge in [-0.2, -0.15) is 0 Å². The third-order valence-electron chi connectivity index (χ3n) is 4.43. The van der Waals surface area contributed by atoms with Crippen molar-refractivity contribution in [1.29, 1.82) is 0 Å². The Kier molecular flexibility index (Phi) is 5.73. The van der Waals surface area contributed by atoms with E-state index in [0.717, 1.165) is 5.39 Å². The molecule has 1 fully saturated rings. The van der Waals surface area contributed by atoms with Gasteiger partial charge in [-0.3, -0.25) is 25.3 Å². The average molecular weight is 402 g/mol. The van der Waals surface area contributed by atoms with Crippen molar-refractivity contribution < 1.29 is 19.1 Å². The van der Waals surface area contributed by atoms with E-state index < -0.39 is 29.6 Å². The normalized spacial score (nSPS) is 17.1. The molecule has 10 heteroatoms. The van der Waals surface area contributed by atoms with Crippen LogP contribution in [-0.4, -0.2) is 58.0 Å². The summed E-state index contributed by atoms with van der Waals surface area (Å²) in [5, 5.41) is 4.00. The minimum atomic E-state index is -0.639. The van der Waals surface area contributed by atoms with Crippen LogP contribution in [0.3, 0.4) is 0 Å². The SMILES string of the molecule is CC(=O)NNC(=O)c1cnc2[nH]ccc2c1C1CNCCN1C(=O)OC(C)(C)C. The summed E-state index contributed by atoms with van der Waals surface area (Å²) >= 11 is 0. The number of pyridine rings is 1. The number of aromatic amines is 1. The number of carbonyl (C=O) groups excluding carboxylic acids is 3. The zero-order valence-corrected chi connectivity index (χ0v) is 17.0. The molecule has 10 nitrogen and oxygen atoms in total. The maximum atomic E-state index is 12.9. The highest BCUT2D eigenvalue weighted by Gasteiger charge is 2.35. The molecular weight excluding hydrogens is 376 g/mol. The lowest BCUT2D eigenvalue weighted by Gasteiger charge is -2.38. The molecule has 3 amide bonds. The quantitative estimate of drug-likeness (QED) is 0.559. The molecule has 1 atom stereocenters. The summed E-state index contributed by atoms with van der Waals surface area (Å²) in [6.07, 6.45) is 2.72. The van der Waals surface area contributed by atoms with Gasteiger partial charge in [0.1, 0.15) is 11.2 Å². The molecule has 1 aliphatic heterocycles. The monoisotopic (exact) mass is 402 g/mol. The molecule has 0 bridgehead atoms. The number of nitrogens with zero attached hydrogens (tertiary/aromatic N) is 2. The molecule has 2 aromatic rings. The van der Waals surface area contributed by atoms with Gasteiger partial charge in [-0.1, -0.05) is 0 Å². The minimum Gasteiger partial charge on any atom is -0.444 e. The smallest absolute Gasteiger partial charge is 0.410 e. The van der Waals surface area contributed by atoms with E-state index in [0.29, 0.717) is 30.8 Å². The van der Waals surface area contributed by atoms with Gasteiger partial charge in [-0.05, 0) is 26.8 Å². The Morgan fingerprint density at radius 1 is 1.28 bits per heavy atom. The van der Waals surface area contributed by atoms with Crippen LogP contribution in [0.5, 0.6) is 0 Å².